The Kier molecular flexibility index (Phi) is 82.8. The van der Waals surface area contributed by atoms with Crippen molar-refractivity contribution in [3.8, 4) is 0 Å². The van der Waals surface area contributed by atoms with Gasteiger partial charge in [-0.25, -0.2) is 0 Å². The fourth-order valence-corrected chi connectivity index (χ4v) is 8.90. The quantitative estimate of drug-likeness (QED) is 0.164. The van der Waals surface area contributed by atoms with E-state index < -0.39 is 0 Å². The molecular weight excluding hydrogens is 1260 g/mol. The van der Waals surface area contributed by atoms with E-state index in [0.717, 1.165) is 117 Å². The summed E-state index contributed by atoms with van der Waals surface area (Å²) in [7, 11) is 0. The average Bonchev–Trinajstić information content (AvgIpc) is 3.08. The predicted octanol–water partition coefficient (Wildman–Crippen LogP) is 15.7. The summed E-state index contributed by atoms with van der Waals surface area (Å²) in [5, 5.41) is 57.0. The second-order valence-electron chi connectivity index (χ2n) is 21.9. The first-order chi connectivity index (χ1) is 27.6. The van der Waals surface area contributed by atoms with Crippen LogP contribution in [0.15, 0.2) is 0 Å². The predicted molar refractivity (Wildman–Crippen MR) is 310 cm³/mol. The molecule has 0 aromatic carbocycles. The van der Waals surface area contributed by atoms with Crippen molar-refractivity contribution in [2.45, 2.75) is 233 Å². The van der Waals surface area contributed by atoms with Crippen molar-refractivity contribution in [2.24, 2.45) is 0 Å². The van der Waals surface area contributed by atoms with Gasteiger partial charge in [0.05, 0.1) is 0 Å². The molecule has 6 atom stereocenters. The molecule has 19 heteroatoms. The van der Waals surface area contributed by atoms with Crippen molar-refractivity contribution in [3.05, 3.63) is 108 Å². The molecular formula is C54H116Mn3N12OY3-18. The van der Waals surface area contributed by atoms with E-state index in [1.54, 1.807) is 0 Å². The maximum absolute atomic E-state index is 4.79. The summed E-state index contributed by atoms with van der Waals surface area (Å²) in [4.78, 5) is 0. The van der Waals surface area contributed by atoms with Gasteiger partial charge in [-0.3, -0.25) is 0 Å². The first kappa shape index (κ1) is 109. The maximum atomic E-state index is 4.79. The molecule has 0 spiro atoms. The Labute approximate surface area is 567 Å². The van der Waals surface area contributed by atoms with Gasteiger partial charge in [0.25, 0.3) is 0 Å². The van der Waals surface area contributed by atoms with Crippen LogP contribution in [-0.4, -0.2) is 153 Å². The van der Waals surface area contributed by atoms with Crippen molar-refractivity contribution < 1.29 is 155 Å². The molecule has 0 saturated carbocycles. The minimum atomic E-state index is 0. The molecule has 0 aromatic heterocycles. The molecule has 0 aliphatic carbocycles. The summed E-state index contributed by atoms with van der Waals surface area (Å²) in [6, 6.07) is 2.12. The molecule has 3 rings (SSSR count). The van der Waals surface area contributed by atoms with E-state index in [0.29, 0.717) is 36.3 Å². The standard InChI is InChI=1S/3C16H32N4.6CH3.3Mn.H2O.3Y/c3*1-13-11-15(3,4)19-10-8-18-14(2)12-16(5,6)20-9-7-17-13;;;;;;;;;;;;;/h3*13-14H,7-12H2,1-6H3;6*1H3;;;;1H2;;;/q3*-4;6*-1;;;;;;;/t2*13-,14+;13-,14-;;;;;;;;;;;;;/m..1............./s1. The normalized spacial score (nSPS) is 27.4. The Morgan fingerprint density at radius 1 is 0.233 bits per heavy atom. The first-order valence-corrected chi connectivity index (χ1v) is 23.7. The molecule has 73 heavy (non-hydrogen) atoms. The summed E-state index contributed by atoms with van der Waals surface area (Å²) in [5.41, 5.74) is 0.0131. The van der Waals surface area contributed by atoms with E-state index in [1.807, 2.05) is 0 Å². The topological polar surface area (TPSA) is 201 Å². The summed E-state index contributed by atoms with van der Waals surface area (Å²) < 4.78 is 0. The summed E-state index contributed by atoms with van der Waals surface area (Å²) >= 11 is 0. The Balaban J connectivity index is -0.0000000617. The smallest absolute Gasteiger partial charge is 0 e. The van der Waals surface area contributed by atoms with Crippen LogP contribution in [0.3, 0.4) is 0 Å². The molecule has 0 bridgehead atoms. The van der Waals surface area contributed by atoms with Crippen molar-refractivity contribution in [1.82, 2.24) is 0 Å². The third-order valence-electron chi connectivity index (χ3n) is 11.3. The fourth-order valence-electron chi connectivity index (χ4n) is 8.90. The van der Waals surface area contributed by atoms with Crippen molar-refractivity contribution >= 4 is 0 Å². The molecule has 3 fully saturated rings. The van der Waals surface area contributed by atoms with Crippen LogP contribution in [-0.2, 0) is 149 Å². The monoisotopic (exact) mass is 1380 g/mol. The molecule has 3 aliphatic heterocycles. The van der Waals surface area contributed by atoms with Crippen LogP contribution in [0.25, 0.3) is 63.8 Å². The molecule has 3 aliphatic rings. The molecule has 446 valence electrons. The van der Waals surface area contributed by atoms with E-state index >= 15 is 0 Å². The minimum Gasteiger partial charge on any atom is -0.661 e. The van der Waals surface area contributed by atoms with Gasteiger partial charge in [-0.2, -0.15) is 78.5 Å². The number of rotatable bonds is 0. The van der Waals surface area contributed by atoms with Crippen LogP contribution in [0.4, 0.5) is 0 Å². The van der Waals surface area contributed by atoms with E-state index in [9.17, 15) is 0 Å². The van der Waals surface area contributed by atoms with Gasteiger partial charge >= 0.3 is 0 Å². The first-order valence-electron chi connectivity index (χ1n) is 23.7. The summed E-state index contributed by atoms with van der Waals surface area (Å²) in [6.07, 6.45) is 6.04. The van der Waals surface area contributed by atoms with Crippen LogP contribution < -0.4 is 0 Å². The Morgan fingerprint density at radius 3 is 0.425 bits per heavy atom. The van der Waals surface area contributed by atoms with Crippen LogP contribution in [0.2, 0.25) is 0 Å². The average molecular weight is 1380 g/mol. The second kappa shape index (κ2) is 55.5. The van der Waals surface area contributed by atoms with Crippen molar-refractivity contribution in [3.63, 3.8) is 0 Å². The molecule has 3 saturated heterocycles. The third kappa shape index (κ3) is 62.2. The van der Waals surface area contributed by atoms with Gasteiger partial charge in [0, 0.05) is 149 Å². The molecule has 2 N–H and O–H groups in total. The number of hydrogen-bond donors (Lipinski definition) is 0. The Bertz CT molecular complexity index is 921. The zero-order chi connectivity index (χ0) is 45.7. The molecule has 0 aromatic rings. The minimum absolute atomic E-state index is 0. The maximum Gasteiger partial charge on any atom is 0 e. The third-order valence-corrected chi connectivity index (χ3v) is 11.3. The van der Waals surface area contributed by atoms with Crippen molar-refractivity contribution in [2.75, 3.05) is 78.5 Å². The summed E-state index contributed by atoms with van der Waals surface area (Å²) in [6.45, 7) is 49.3. The van der Waals surface area contributed by atoms with Crippen LogP contribution in [0.1, 0.15) is 163 Å². The SMILES string of the molecule is C[C@@H]1CC(C)(C)[N-]CC[N-][C@@H](C)CC(C)(C)[N-]CC[N-]1.C[C@@H]1CC(C)(C)[N-]CC[N-][C@@H](C)CC(C)(C)[N-]CC[N-]1.C[C@@H]1CC(C)(C)[N-]CC[N-][C@H](C)CC(C)(C)[N-]CC[N-]1.O.[CH3-].[CH3-].[CH3-].[CH3-].[CH3-].[CH3-].[Mn].[Mn].[Mn].[Y].[Y].[Y]. The van der Waals surface area contributed by atoms with Gasteiger partial charge in [0.2, 0.25) is 0 Å². The van der Waals surface area contributed by atoms with Gasteiger partial charge in [0.1, 0.15) is 0 Å². The molecule has 6 radical (unpaired) electrons. The second-order valence-corrected chi connectivity index (χ2v) is 21.9. The number of hydrogen-bond acceptors (Lipinski definition) is 0. The van der Waals surface area contributed by atoms with E-state index in [-0.39, 0.29) is 233 Å². The van der Waals surface area contributed by atoms with E-state index in [2.05, 4.69) is 125 Å². The number of nitrogens with zero attached hydrogens (tertiary/aromatic N) is 12. The van der Waals surface area contributed by atoms with E-state index in [1.165, 1.54) is 0 Å². The molecule has 13 nitrogen and oxygen atoms in total. The largest absolute Gasteiger partial charge is 0.661 e. The van der Waals surface area contributed by atoms with Gasteiger partial charge in [-0.05, 0) is 0 Å². The van der Waals surface area contributed by atoms with Gasteiger partial charge < -0.3 is 114 Å². The van der Waals surface area contributed by atoms with Gasteiger partial charge in [-0.1, -0.05) is 163 Å². The Hall–Kier alpha value is 4.35. The van der Waals surface area contributed by atoms with Crippen LogP contribution in [0.5, 0.6) is 0 Å². The van der Waals surface area contributed by atoms with Crippen LogP contribution in [0, 0.1) is 44.6 Å². The zero-order valence-corrected chi connectivity index (χ0v) is 64.0. The molecule has 3 heterocycles. The van der Waals surface area contributed by atoms with Crippen molar-refractivity contribution in [1.29, 1.82) is 0 Å². The summed E-state index contributed by atoms with van der Waals surface area (Å²) in [5.74, 6) is 0. The molecule has 0 amide bonds. The molecule has 0 unspecified atom stereocenters. The fraction of sp³-hybridized carbons (Fsp3) is 0.889. The van der Waals surface area contributed by atoms with E-state index in [4.69, 9.17) is 63.8 Å². The zero-order valence-electron chi connectivity index (χ0n) is 51.9. The van der Waals surface area contributed by atoms with Gasteiger partial charge in [0.15, 0.2) is 0 Å². The van der Waals surface area contributed by atoms with Crippen LogP contribution >= 0.6 is 0 Å². The van der Waals surface area contributed by atoms with Gasteiger partial charge in [-0.15, -0.1) is 69.5 Å². The Morgan fingerprint density at radius 2 is 0.329 bits per heavy atom.